The largest absolute Gasteiger partial charge is 0.241 e. The van der Waals surface area contributed by atoms with Crippen LogP contribution in [0.25, 0.3) is 10.9 Å². The van der Waals surface area contributed by atoms with Gasteiger partial charge in [-0.3, -0.25) is 0 Å². The summed E-state index contributed by atoms with van der Waals surface area (Å²) in [5, 5.41) is 1.11. The lowest BCUT2D eigenvalue weighted by molar-refractivity contribution is 1.09. The van der Waals surface area contributed by atoms with Gasteiger partial charge in [-0.1, -0.05) is 18.2 Å². The molecule has 0 aliphatic heterocycles. The first-order valence-corrected chi connectivity index (χ1v) is 3.89. The van der Waals surface area contributed by atoms with Gasteiger partial charge in [0, 0.05) is 5.39 Å². The Morgan fingerprint density at radius 1 is 1.17 bits per heavy atom. The Balaban J connectivity index is 2.79. The third-order valence-electron chi connectivity index (χ3n) is 1.86. The molecule has 0 bridgehead atoms. The predicted octanol–water partition coefficient (Wildman–Crippen LogP) is 2.01. The van der Waals surface area contributed by atoms with E-state index >= 15 is 0 Å². The van der Waals surface area contributed by atoms with Crippen molar-refractivity contribution in [1.29, 1.82) is 0 Å². The molecule has 1 radical (unpaired) electrons. The van der Waals surface area contributed by atoms with E-state index < -0.39 is 0 Å². The van der Waals surface area contributed by atoms with Crippen molar-refractivity contribution in [3.63, 3.8) is 0 Å². The van der Waals surface area contributed by atoms with Crippen LogP contribution in [0.1, 0.15) is 5.69 Å². The lowest BCUT2D eigenvalue weighted by Gasteiger charge is -2.00. The molecule has 0 N–H and O–H groups in total. The highest BCUT2D eigenvalue weighted by atomic mass is 14.8. The fourth-order valence-electron chi connectivity index (χ4n) is 1.26. The molecule has 0 aliphatic rings. The van der Waals surface area contributed by atoms with Crippen LogP contribution in [-0.4, -0.2) is 9.97 Å². The van der Waals surface area contributed by atoms with Gasteiger partial charge in [0.2, 0.25) is 0 Å². The summed E-state index contributed by atoms with van der Waals surface area (Å²) in [6.07, 6.45) is 2.30. The Morgan fingerprint density at radius 3 is 2.83 bits per heavy atom. The average molecular weight is 157 g/mol. The van der Waals surface area contributed by atoms with Gasteiger partial charge in [-0.15, -0.1) is 0 Å². The SMILES string of the molecule is [CH2]Cc1ncnc2ccccc12. The standard InChI is InChI=1S/C10H9N2/c1-2-9-8-5-3-4-6-10(8)12-7-11-9/h3-7H,1-2H2. The van der Waals surface area contributed by atoms with Crippen molar-refractivity contribution in [2.75, 3.05) is 0 Å². The molecule has 0 unspecified atom stereocenters. The summed E-state index contributed by atoms with van der Waals surface area (Å²) in [6.45, 7) is 3.82. The maximum atomic E-state index is 4.15. The highest BCUT2D eigenvalue weighted by Crippen LogP contribution is 2.13. The average Bonchev–Trinajstić information content (AvgIpc) is 2.17. The first-order valence-electron chi connectivity index (χ1n) is 3.89. The van der Waals surface area contributed by atoms with Gasteiger partial charge in [0.15, 0.2) is 0 Å². The van der Waals surface area contributed by atoms with Gasteiger partial charge in [0.25, 0.3) is 0 Å². The minimum Gasteiger partial charge on any atom is -0.241 e. The fourth-order valence-corrected chi connectivity index (χ4v) is 1.26. The fraction of sp³-hybridized carbons (Fsp3) is 0.100. The van der Waals surface area contributed by atoms with E-state index in [2.05, 4.69) is 16.9 Å². The highest BCUT2D eigenvalue weighted by molar-refractivity contribution is 5.80. The Hall–Kier alpha value is -1.44. The monoisotopic (exact) mass is 157 g/mol. The van der Waals surface area contributed by atoms with E-state index in [0.717, 1.165) is 16.6 Å². The number of hydrogen-bond donors (Lipinski definition) is 0. The van der Waals surface area contributed by atoms with E-state index in [1.807, 2.05) is 24.3 Å². The molecule has 0 fully saturated rings. The summed E-state index contributed by atoms with van der Waals surface area (Å²) >= 11 is 0. The van der Waals surface area contributed by atoms with Gasteiger partial charge in [-0.05, 0) is 19.4 Å². The van der Waals surface area contributed by atoms with Gasteiger partial charge in [0.1, 0.15) is 6.33 Å². The molecule has 59 valence electrons. The summed E-state index contributed by atoms with van der Waals surface area (Å²) in [7, 11) is 0. The number of rotatable bonds is 1. The number of para-hydroxylation sites is 1. The van der Waals surface area contributed by atoms with E-state index in [4.69, 9.17) is 0 Å². The van der Waals surface area contributed by atoms with Gasteiger partial charge in [-0.25, -0.2) is 9.97 Å². The molecule has 1 aromatic heterocycles. The van der Waals surface area contributed by atoms with Crippen molar-refractivity contribution < 1.29 is 0 Å². The van der Waals surface area contributed by atoms with Crippen LogP contribution in [-0.2, 0) is 6.42 Å². The molecule has 2 heteroatoms. The first kappa shape index (κ1) is 7.22. The predicted molar refractivity (Wildman–Crippen MR) is 48.6 cm³/mol. The van der Waals surface area contributed by atoms with Crippen LogP contribution in [0.3, 0.4) is 0 Å². The van der Waals surface area contributed by atoms with Crippen LogP contribution < -0.4 is 0 Å². The van der Waals surface area contributed by atoms with Crippen LogP contribution >= 0.6 is 0 Å². The van der Waals surface area contributed by atoms with Gasteiger partial charge in [-0.2, -0.15) is 0 Å². The smallest absolute Gasteiger partial charge is 0.116 e. The Bertz CT molecular complexity index is 390. The first-order chi connectivity index (χ1) is 5.92. The summed E-state index contributed by atoms with van der Waals surface area (Å²) in [5.41, 5.74) is 2.01. The van der Waals surface area contributed by atoms with Crippen molar-refractivity contribution in [1.82, 2.24) is 9.97 Å². The van der Waals surface area contributed by atoms with E-state index in [9.17, 15) is 0 Å². The Morgan fingerprint density at radius 2 is 2.00 bits per heavy atom. The van der Waals surface area contributed by atoms with E-state index in [0.29, 0.717) is 6.42 Å². The lowest BCUT2D eigenvalue weighted by Crippen LogP contribution is -1.90. The molecule has 2 nitrogen and oxygen atoms in total. The third kappa shape index (κ3) is 1.05. The lowest BCUT2D eigenvalue weighted by atomic mass is 10.1. The Labute approximate surface area is 71.3 Å². The van der Waals surface area contributed by atoms with E-state index in [-0.39, 0.29) is 0 Å². The second-order valence-electron chi connectivity index (χ2n) is 2.59. The molecule has 2 aromatic rings. The maximum absolute atomic E-state index is 4.15. The van der Waals surface area contributed by atoms with Crippen LogP contribution in [0.5, 0.6) is 0 Å². The molecule has 1 aromatic carbocycles. The molecule has 0 amide bonds. The molecule has 2 rings (SSSR count). The topological polar surface area (TPSA) is 25.8 Å². The molecule has 0 spiro atoms. The van der Waals surface area contributed by atoms with Crippen LogP contribution in [0.2, 0.25) is 0 Å². The van der Waals surface area contributed by atoms with Crippen molar-refractivity contribution in [3.8, 4) is 0 Å². The minimum absolute atomic E-state index is 0.711. The number of nitrogens with zero attached hydrogens (tertiary/aromatic N) is 2. The van der Waals surface area contributed by atoms with E-state index in [1.54, 1.807) is 6.33 Å². The molecule has 0 saturated heterocycles. The highest BCUT2D eigenvalue weighted by Gasteiger charge is 1.98. The van der Waals surface area contributed by atoms with Crippen molar-refractivity contribution in [2.45, 2.75) is 6.42 Å². The van der Waals surface area contributed by atoms with Gasteiger partial charge < -0.3 is 0 Å². The van der Waals surface area contributed by atoms with E-state index in [1.165, 1.54) is 0 Å². The zero-order valence-corrected chi connectivity index (χ0v) is 6.70. The quantitative estimate of drug-likeness (QED) is 0.632. The second kappa shape index (κ2) is 2.89. The zero-order valence-electron chi connectivity index (χ0n) is 6.70. The Kier molecular flexibility index (Phi) is 1.74. The second-order valence-corrected chi connectivity index (χ2v) is 2.59. The van der Waals surface area contributed by atoms with Crippen LogP contribution in [0.4, 0.5) is 0 Å². The summed E-state index contributed by atoms with van der Waals surface area (Å²) in [6, 6.07) is 7.97. The number of hydrogen-bond acceptors (Lipinski definition) is 2. The van der Waals surface area contributed by atoms with Gasteiger partial charge >= 0.3 is 0 Å². The summed E-state index contributed by atoms with van der Waals surface area (Å²) in [5.74, 6) is 0. The summed E-state index contributed by atoms with van der Waals surface area (Å²) in [4.78, 5) is 8.30. The van der Waals surface area contributed by atoms with Crippen molar-refractivity contribution >= 4 is 10.9 Å². The van der Waals surface area contributed by atoms with Crippen molar-refractivity contribution in [2.24, 2.45) is 0 Å². The molecular weight excluding hydrogens is 148 g/mol. The van der Waals surface area contributed by atoms with Crippen LogP contribution in [0, 0.1) is 6.92 Å². The van der Waals surface area contributed by atoms with Crippen molar-refractivity contribution in [3.05, 3.63) is 43.2 Å². The number of fused-ring (bicyclic) bond motifs is 1. The zero-order chi connectivity index (χ0) is 8.39. The summed E-state index contributed by atoms with van der Waals surface area (Å²) < 4.78 is 0. The van der Waals surface area contributed by atoms with Crippen LogP contribution in [0.15, 0.2) is 30.6 Å². The molecule has 0 atom stereocenters. The maximum Gasteiger partial charge on any atom is 0.116 e. The normalized spacial score (nSPS) is 10.4. The number of aromatic nitrogens is 2. The van der Waals surface area contributed by atoms with Gasteiger partial charge in [0.05, 0.1) is 11.2 Å². The molecule has 0 aliphatic carbocycles. The molecule has 1 heterocycles. The molecule has 0 saturated carbocycles. The minimum atomic E-state index is 0.711. The number of benzene rings is 1. The molecular formula is C10H9N2. The third-order valence-corrected chi connectivity index (χ3v) is 1.86. The molecule has 12 heavy (non-hydrogen) atoms.